The van der Waals surface area contributed by atoms with E-state index in [-0.39, 0.29) is 17.5 Å². The highest BCUT2D eigenvalue weighted by Gasteiger charge is 2.29. The van der Waals surface area contributed by atoms with Gasteiger partial charge in [-0.1, -0.05) is 6.07 Å². The summed E-state index contributed by atoms with van der Waals surface area (Å²) in [5.74, 6) is 0.296. The van der Waals surface area contributed by atoms with Crippen LogP contribution in [0.15, 0.2) is 41.0 Å². The summed E-state index contributed by atoms with van der Waals surface area (Å²) in [4.78, 5) is 28.7. The van der Waals surface area contributed by atoms with Crippen LogP contribution in [0.2, 0.25) is 0 Å². The molecular formula is C20H22N6O3. The number of furan rings is 1. The van der Waals surface area contributed by atoms with E-state index in [1.165, 1.54) is 11.8 Å². The number of nitrogens with zero attached hydrogens (tertiary/aromatic N) is 4. The van der Waals surface area contributed by atoms with Gasteiger partial charge in [-0.2, -0.15) is 5.21 Å². The van der Waals surface area contributed by atoms with Crippen molar-refractivity contribution in [3.63, 3.8) is 0 Å². The zero-order chi connectivity index (χ0) is 20.4. The van der Waals surface area contributed by atoms with E-state index in [0.29, 0.717) is 37.8 Å². The molecule has 1 aliphatic heterocycles. The minimum Gasteiger partial charge on any atom is -0.459 e. The molecule has 3 heterocycles. The molecule has 3 aromatic rings. The van der Waals surface area contributed by atoms with Crippen LogP contribution in [0.1, 0.15) is 32.2 Å². The molecule has 1 fully saturated rings. The van der Waals surface area contributed by atoms with Crippen LogP contribution >= 0.6 is 0 Å². The predicted molar refractivity (Wildman–Crippen MR) is 106 cm³/mol. The number of aromatic amines is 1. The van der Waals surface area contributed by atoms with Crippen molar-refractivity contribution in [2.75, 3.05) is 31.5 Å². The molecule has 150 valence electrons. The first-order valence-corrected chi connectivity index (χ1v) is 9.40. The van der Waals surface area contributed by atoms with Crippen LogP contribution in [-0.2, 0) is 0 Å². The lowest BCUT2D eigenvalue weighted by atomic mass is 10.1. The summed E-state index contributed by atoms with van der Waals surface area (Å²) in [7, 11) is 0. The van der Waals surface area contributed by atoms with Crippen molar-refractivity contribution in [3.05, 3.63) is 59.2 Å². The lowest BCUT2D eigenvalue weighted by Gasteiger charge is -2.34. The Labute approximate surface area is 167 Å². The van der Waals surface area contributed by atoms with E-state index in [1.54, 1.807) is 21.9 Å². The number of piperazine rings is 1. The molecule has 1 saturated heterocycles. The summed E-state index contributed by atoms with van der Waals surface area (Å²) < 4.78 is 5.17. The molecule has 0 atom stereocenters. The van der Waals surface area contributed by atoms with E-state index < -0.39 is 0 Å². The highest BCUT2D eigenvalue weighted by molar-refractivity contribution is 5.97. The number of benzene rings is 1. The van der Waals surface area contributed by atoms with Gasteiger partial charge in [0.1, 0.15) is 0 Å². The Balaban J connectivity index is 1.41. The van der Waals surface area contributed by atoms with Crippen molar-refractivity contribution in [2.24, 2.45) is 0 Å². The standard InChI is InChI=1S/C20H22N6O3/c1-13-5-6-15(12-14(13)2)21-18-17(22-24-23-18)20(28)26-9-7-25(8-10-26)19(27)16-4-3-11-29-16/h3-6,11-12H,7-10H2,1-2H3,(H2,21,22,23,24). The lowest BCUT2D eigenvalue weighted by molar-refractivity contribution is 0.0515. The molecule has 1 aromatic carbocycles. The molecule has 0 saturated carbocycles. The monoisotopic (exact) mass is 394 g/mol. The molecule has 2 amide bonds. The zero-order valence-electron chi connectivity index (χ0n) is 16.3. The van der Waals surface area contributed by atoms with Gasteiger partial charge >= 0.3 is 0 Å². The molecule has 0 unspecified atom stereocenters. The van der Waals surface area contributed by atoms with E-state index in [0.717, 1.165) is 11.3 Å². The maximum Gasteiger partial charge on any atom is 0.289 e. The fourth-order valence-electron chi connectivity index (χ4n) is 3.24. The molecule has 1 aliphatic rings. The third-order valence-corrected chi connectivity index (χ3v) is 5.11. The second-order valence-electron chi connectivity index (χ2n) is 7.01. The van der Waals surface area contributed by atoms with Gasteiger partial charge in [0.25, 0.3) is 11.8 Å². The van der Waals surface area contributed by atoms with E-state index in [9.17, 15) is 9.59 Å². The van der Waals surface area contributed by atoms with E-state index >= 15 is 0 Å². The fourth-order valence-corrected chi connectivity index (χ4v) is 3.24. The second-order valence-corrected chi connectivity index (χ2v) is 7.01. The Morgan fingerprint density at radius 1 is 1.00 bits per heavy atom. The predicted octanol–water partition coefficient (Wildman–Crippen LogP) is 2.36. The van der Waals surface area contributed by atoms with Gasteiger partial charge in [0.2, 0.25) is 0 Å². The first-order chi connectivity index (χ1) is 14.0. The molecule has 2 aromatic heterocycles. The van der Waals surface area contributed by atoms with E-state index in [2.05, 4.69) is 20.7 Å². The first-order valence-electron chi connectivity index (χ1n) is 9.40. The third-order valence-electron chi connectivity index (χ3n) is 5.11. The molecule has 0 spiro atoms. The van der Waals surface area contributed by atoms with Crippen LogP contribution < -0.4 is 5.32 Å². The summed E-state index contributed by atoms with van der Waals surface area (Å²) in [5.41, 5.74) is 3.40. The number of carbonyl (C=O) groups is 2. The Bertz CT molecular complexity index is 1020. The minimum atomic E-state index is -0.227. The Hall–Kier alpha value is -3.62. The van der Waals surface area contributed by atoms with Crippen molar-refractivity contribution in [1.29, 1.82) is 0 Å². The summed E-state index contributed by atoms with van der Waals surface area (Å²) in [6.45, 7) is 5.77. The summed E-state index contributed by atoms with van der Waals surface area (Å²) in [6, 6.07) is 9.26. The van der Waals surface area contributed by atoms with Gasteiger partial charge in [-0.05, 0) is 49.2 Å². The summed E-state index contributed by atoms with van der Waals surface area (Å²) in [6.07, 6.45) is 1.47. The molecule has 0 aliphatic carbocycles. The maximum absolute atomic E-state index is 12.9. The van der Waals surface area contributed by atoms with E-state index in [1.807, 2.05) is 32.0 Å². The average Bonchev–Trinajstić information content (AvgIpc) is 3.42. The molecule has 2 N–H and O–H groups in total. The first kappa shape index (κ1) is 18.7. The number of hydrogen-bond acceptors (Lipinski definition) is 6. The van der Waals surface area contributed by atoms with Gasteiger partial charge in [0.05, 0.1) is 6.26 Å². The van der Waals surface area contributed by atoms with Crippen molar-refractivity contribution >= 4 is 23.3 Å². The number of nitrogens with one attached hydrogen (secondary N) is 2. The Morgan fingerprint density at radius 3 is 2.38 bits per heavy atom. The van der Waals surface area contributed by atoms with Gasteiger partial charge in [0.15, 0.2) is 17.3 Å². The Kier molecular flexibility index (Phi) is 5.03. The fraction of sp³-hybridized carbons (Fsp3) is 0.300. The van der Waals surface area contributed by atoms with Crippen molar-refractivity contribution in [1.82, 2.24) is 25.2 Å². The van der Waals surface area contributed by atoms with Crippen LogP contribution in [0, 0.1) is 13.8 Å². The van der Waals surface area contributed by atoms with Gasteiger partial charge < -0.3 is 19.5 Å². The second kappa shape index (κ2) is 7.78. The van der Waals surface area contributed by atoms with Crippen LogP contribution in [0.25, 0.3) is 0 Å². The number of aryl methyl sites for hydroxylation is 2. The van der Waals surface area contributed by atoms with Crippen LogP contribution in [0.3, 0.4) is 0 Å². The molecule has 0 bridgehead atoms. The highest BCUT2D eigenvalue weighted by Crippen LogP contribution is 2.21. The van der Waals surface area contributed by atoms with E-state index in [4.69, 9.17) is 4.42 Å². The van der Waals surface area contributed by atoms with Gasteiger partial charge in [-0.3, -0.25) is 9.59 Å². The third kappa shape index (κ3) is 3.84. The molecule has 0 radical (unpaired) electrons. The van der Waals surface area contributed by atoms with Crippen LogP contribution in [-0.4, -0.2) is 63.2 Å². The topological polar surface area (TPSA) is 107 Å². The normalized spacial score (nSPS) is 14.1. The molecule has 29 heavy (non-hydrogen) atoms. The summed E-state index contributed by atoms with van der Waals surface area (Å²) >= 11 is 0. The number of amides is 2. The van der Waals surface area contributed by atoms with Crippen LogP contribution in [0.4, 0.5) is 11.5 Å². The molecule has 9 heteroatoms. The number of rotatable bonds is 4. The van der Waals surface area contributed by atoms with Crippen molar-refractivity contribution < 1.29 is 14.0 Å². The number of H-pyrrole nitrogens is 1. The number of aromatic nitrogens is 3. The molecular weight excluding hydrogens is 372 g/mol. The SMILES string of the molecule is Cc1ccc(Nc2n[nH]nc2C(=O)N2CCN(C(=O)c3ccco3)CC2)cc1C. The van der Waals surface area contributed by atoms with Gasteiger partial charge in [-0.25, -0.2) is 0 Å². The average molecular weight is 394 g/mol. The van der Waals surface area contributed by atoms with Gasteiger partial charge in [-0.15, -0.1) is 10.2 Å². The molecule has 4 rings (SSSR count). The van der Waals surface area contributed by atoms with Crippen molar-refractivity contribution in [3.8, 4) is 0 Å². The quantitative estimate of drug-likeness (QED) is 0.703. The van der Waals surface area contributed by atoms with Crippen LogP contribution in [0.5, 0.6) is 0 Å². The number of carbonyl (C=O) groups excluding carboxylic acids is 2. The largest absolute Gasteiger partial charge is 0.459 e. The lowest BCUT2D eigenvalue weighted by Crippen LogP contribution is -2.50. The van der Waals surface area contributed by atoms with Gasteiger partial charge in [0, 0.05) is 31.9 Å². The minimum absolute atomic E-state index is 0.166. The Morgan fingerprint density at radius 2 is 1.72 bits per heavy atom. The highest BCUT2D eigenvalue weighted by atomic mass is 16.3. The maximum atomic E-state index is 12.9. The zero-order valence-corrected chi connectivity index (χ0v) is 16.3. The smallest absolute Gasteiger partial charge is 0.289 e. The molecule has 9 nitrogen and oxygen atoms in total. The summed E-state index contributed by atoms with van der Waals surface area (Å²) in [5, 5.41) is 13.8. The number of hydrogen-bond donors (Lipinski definition) is 2. The number of anilines is 2. The van der Waals surface area contributed by atoms with Crippen molar-refractivity contribution in [2.45, 2.75) is 13.8 Å².